The van der Waals surface area contributed by atoms with Crippen LogP contribution in [0.25, 0.3) is 0 Å². The molecule has 0 aromatic carbocycles. The lowest BCUT2D eigenvalue weighted by molar-refractivity contribution is 0.0855. The summed E-state index contributed by atoms with van der Waals surface area (Å²) in [4.78, 5) is 15.8. The first-order valence-electron chi connectivity index (χ1n) is 4.74. The lowest BCUT2D eigenvalue weighted by Gasteiger charge is -2.23. The second-order valence-corrected chi connectivity index (χ2v) is 3.68. The molecular weight excluding hydrogens is 162 g/mol. The maximum atomic E-state index is 11.7. The first-order valence-corrected chi connectivity index (χ1v) is 4.74. The molecule has 0 saturated heterocycles. The molecule has 0 radical (unpaired) electrons. The molecule has 1 aromatic heterocycles. The van der Waals surface area contributed by atoms with Crippen LogP contribution >= 0.6 is 0 Å². The summed E-state index contributed by atoms with van der Waals surface area (Å²) in [6.07, 6.45) is 5.02. The highest BCUT2D eigenvalue weighted by atomic mass is 16.1. The third-order valence-corrected chi connectivity index (χ3v) is 2.67. The van der Waals surface area contributed by atoms with Gasteiger partial charge in [0.1, 0.15) is 0 Å². The Morgan fingerprint density at radius 2 is 2.23 bits per heavy atom. The summed E-state index contributed by atoms with van der Waals surface area (Å²) in [5, 5.41) is 0. The van der Waals surface area contributed by atoms with Crippen LogP contribution in [0.5, 0.6) is 0 Å². The Bertz CT molecular complexity index is 311. The minimum atomic E-state index is 0.277. The highest BCUT2D eigenvalue weighted by Gasteiger charge is 2.25. The molecule has 0 N–H and O–H groups in total. The Balaban J connectivity index is 2.15. The van der Waals surface area contributed by atoms with Crippen molar-refractivity contribution in [1.82, 2.24) is 4.98 Å². The number of ketones is 1. The fourth-order valence-electron chi connectivity index (χ4n) is 1.52. The Hall–Kier alpha value is -1.18. The van der Waals surface area contributed by atoms with Gasteiger partial charge in [-0.2, -0.15) is 0 Å². The molecule has 0 aliphatic heterocycles. The number of hydrogen-bond acceptors (Lipinski definition) is 2. The molecule has 1 fully saturated rings. The number of aromatic nitrogens is 1. The third kappa shape index (κ3) is 1.62. The molecule has 1 aliphatic carbocycles. The van der Waals surface area contributed by atoms with Crippen LogP contribution in [0.1, 0.15) is 35.3 Å². The van der Waals surface area contributed by atoms with Crippen molar-refractivity contribution in [3.05, 3.63) is 29.6 Å². The highest BCUT2D eigenvalue weighted by Crippen LogP contribution is 2.29. The number of carbonyl (C=O) groups is 1. The van der Waals surface area contributed by atoms with Crippen LogP contribution in [-0.2, 0) is 0 Å². The summed E-state index contributed by atoms with van der Waals surface area (Å²) in [6, 6.07) is 3.77. The van der Waals surface area contributed by atoms with Crippen LogP contribution < -0.4 is 0 Å². The average molecular weight is 175 g/mol. The van der Waals surface area contributed by atoms with Crippen molar-refractivity contribution in [3.8, 4) is 0 Å². The number of nitrogens with zero attached hydrogens (tertiary/aromatic N) is 1. The van der Waals surface area contributed by atoms with Gasteiger partial charge in [0.25, 0.3) is 0 Å². The minimum absolute atomic E-state index is 0.277. The van der Waals surface area contributed by atoms with Crippen molar-refractivity contribution in [2.75, 3.05) is 0 Å². The van der Waals surface area contributed by atoms with Crippen molar-refractivity contribution in [2.45, 2.75) is 26.2 Å². The van der Waals surface area contributed by atoms with Gasteiger partial charge in [0.05, 0.1) is 0 Å². The molecule has 2 heteroatoms. The van der Waals surface area contributed by atoms with Gasteiger partial charge >= 0.3 is 0 Å². The zero-order valence-electron chi connectivity index (χ0n) is 7.79. The first-order chi connectivity index (χ1) is 6.27. The molecule has 2 nitrogen and oxygen atoms in total. The second-order valence-electron chi connectivity index (χ2n) is 3.68. The van der Waals surface area contributed by atoms with E-state index in [-0.39, 0.29) is 11.7 Å². The lowest BCUT2D eigenvalue weighted by Crippen LogP contribution is -2.22. The smallest absolute Gasteiger partial charge is 0.167 e. The van der Waals surface area contributed by atoms with E-state index in [4.69, 9.17) is 0 Å². The summed E-state index contributed by atoms with van der Waals surface area (Å²) in [5.41, 5.74) is 1.74. The molecule has 13 heavy (non-hydrogen) atoms. The number of hydrogen-bond donors (Lipinski definition) is 0. The predicted octanol–water partition coefficient (Wildman–Crippen LogP) is 2.37. The molecule has 1 aromatic rings. The fourth-order valence-corrected chi connectivity index (χ4v) is 1.52. The third-order valence-electron chi connectivity index (χ3n) is 2.67. The average Bonchev–Trinajstić information content (AvgIpc) is 2.02. The molecule has 1 heterocycles. The fraction of sp³-hybridized carbons (Fsp3) is 0.455. The van der Waals surface area contributed by atoms with Crippen LogP contribution in [0.2, 0.25) is 0 Å². The van der Waals surface area contributed by atoms with Crippen LogP contribution in [0.15, 0.2) is 18.3 Å². The SMILES string of the molecule is Cc1ccc(C(=O)C2CCC2)cn1. The number of rotatable bonds is 2. The van der Waals surface area contributed by atoms with E-state index in [1.165, 1.54) is 6.42 Å². The van der Waals surface area contributed by atoms with Crippen molar-refractivity contribution >= 4 is 5.78 Å². The van der Waals surface area contributed by atoms with Crippen molar-refractivity contribution in [3.63, 3.8) is 0 Å². The van der Waals surface area contributed by atoms with E-state index in [1.54, 1.807) is 6.20 Å². The summed E-state index contributed by atoms with van der Waals surface area (Å²) in [5.74, 6) is 0.559. The predicted molar refractivity (Wildman–Crippen MR) is 50.6 cm³/mol. The lowest BCUT2D eigenvalue weighted by atomic mass is 9.80. The van der Waals surface area contributed by atoms with Crippen LogP contribution in [0.4, 0.5) is 0 Å². The van der Waals surface area contributed by atoms with Crippen molar-refractivity contribution in [2.24, 2.45) is 5.92 Å². The maximum absolute atomic E-state index is 11.7. The molecule has 1 saturated carbocycles. The minimum Gasteiger partial charge on any atom is -0.294 e. The zero-order valence-corrected chi connectivity index (χ0v) is 7.79. The topological polar surface area (TPSA) is 30.0 Å². The summed E-state index contributed by atoms with van der Waals surface area (Å²) in [7, 11) is 0. The molecule has 1 aliphatic rings. The van der Waals surface area contributed by atoms with Gasteiger partial charge in [-0.15, -0.1) is 0 Å². The van der Waals surface area contributed by atoms with E-state index in [0.29, 0.717) is 0 Å². The molecule has 0 bridgehead atoms. The maximum Gasteiger partial charge on any atom is 0.167 e. The van der Waals surface area contributed by atoms with Gasteiger partial charge in [-0.05, 0) is 31.9 Å². The number of carbonyl (C=O) groups excluding carboxylic acids is 1. The Morgan fingerprint density at radius 1 is 1.46 bits per heavy atom. The monoisotopic (exact) mass is 175 g/mol. The van der Waals surface area contributed by atoms with Gasteiger partial charge in [-0.25, -0.2) is 0 Å². The van der Waals surface area contributed by atoms with Gasteiger partial charge < -0.3 is 0 Å². The van der Waals surface area contributed by atoms with Crippen LogP contribution in [0.3, 0.4) is 0 Å². The van der Waals surface area contributed by atoms with E-state index in [9.17, 15) is 4.79 Å². The summed E-state index contributed by atoms with van der Waals surface area (Å²) in [6.45, 7) is 1.93. The molecule has 0 unspecified atom stereocenters. The van der Waals surface area contributed by atoms with Crippen molar-refractivity contribution < 1.29 is 4.79 Å². The van der Waals surface area contributed by atoms with Gasteiger partial charge in [0.2, 0.25) is 0 Å². The Labute approximate surface area is 78.0 Å². The number of Topliss-reactive ketones (excluding diaryl/α,β-unsaturated/α-hetero) is 1. The quantitative estimate of drug-likeness (QED) is 0.646. The zero-order chi connectivity index (χ0) is 9.26. The first kappa shape index (κ1) is 8.42. The van der Waals surface area contributed by atoms with E-state index in [0.717, 1.165) is 24.1 Å². The second kappa shape index (κ2) is 3.29. The van der Waals surface area contributed by atoms with E-state index < -0.39 is 0 Å². The molecule has 0 spiro atoms. The summed E-state index contributed by atoms with van der Waals surface area (Å²) >= 11 is 0. The van der Waals surface area contributed by atoms with Gasteiger partial charge in [-0.3, -0.25) is 9.78 Å². The molecule has 68 valence electrons. The molecule has 0 amide bonds. The molecule has 0 atom stereocenters. The van der Waals surface area contributed by atoms with Crippen molar-refractivity contribution in [1.29, 1.82) is 0 Å². The standard InChI is InChI=1S/C11H13NO/c1-8-5-6-10(7-12-8)11(13)9-3-2-4-9/h5-7,9H,2-4H2,1H3. The molecule has 2 rings (SSSR count). The van der Waals surface area contributed by atoms with Gasteiger partial charge in [-0.1, -0.05) is 6.42 Å². The Kier molecular flexibility index (Phi) is 2.13. The normalized spacial score (nSPS) is 16.7. The van der Waals surface area contributed by atoms with Gasteiger partial charge in [0.15, 0.2) is 5.78 Å². The Morgan fingerprint density at radius 3 is 2.69 bits per heavy atom. The number of pyridine rings is 1. The van der Waals surface area contributed by atoms with E-state index in [2.05, 4.69) is 4.98 Å². The summed E-state index contributed by atoms with van der Waals surface area (Å²) < 4.78 is 0. The van der Waals surface area contributed by atoms with Gasteiger partial charge in [0, 0.05) is 23.4 Å². The highest BCUT2D eigenvalue weighted by molar-refractivity contribution is 5.97. The van der Waals surface area contributed by atoms with E-state index >= 15 is 0 Å². The number of aryl methyl sites for hydroxylation is 1. The largest absolute Gasteiger partial charge is 0.294 e. The van der Waals surface area contributed by atoms with Crippen LogP contribution in [0, 0.1) is 12.8 Å². The van der Waals surface area contributed by atoms with Crippen LogP contribution in [-0.4, -0.2) is 10.8 Å². The molecular formula is C11H13NO. The van der Waals surface area contributed by atoms with E-state index in [1.807, 2.05) is 19.1 Å².